The van der Waals surface area contributed by atoms with Crippen LogP contribution in [-0.4, -0.2) is 28.6 Å². The van der Waals surface area contributed by atoms with Gasteiger partial charge in [0.2, 0.25) is 6.29 Å². The minimum absolute atomic E-state index is 0.447. The molecule has 136 valence electrons. The Balaban J connectivity index is 3.32. The predicted octanol–water partition coefficient (Wildman–Crippen LogP) is 4.49. The van der Waals surface area contributed by atoms with Crippen LogP contribution in [0.2, 0.25) is 0 Å². The summed E-state index contributed by atoms with van der Waals surface area (Å²) in [5.41, 5.74) is 0. The summed E-state index contributed by atoms with van der Waals surface area (Å²) in [5, 5.41) is 19.1. The smallest absolute Gasteiger partial charge is 0.332 e. The second kappa shape index (κ2) is 16.0. The number of rotatable bonds is 16. The normalized spacial score (nSPS) is 13.5. The first-order valence-electron chi connectivity index (χ1n) is 9.31. The summed E-state index contributed by atoms with van der Waals surface area (Å²) in [7, 11) is 0. The summed E-state index contributed by atoms with van der Waals surface area (Å²) in [4.78, 5) is 10.9. The van der Waals surface area contributed by atoms with Crippen molar-refractivity contribution in [3.05, 3.63) is 12.7 Å². The van der Waals surface area contributed by atoms with Crippen LogP contribution in [0.25, 0.3) is 0 Å². The first-order valence-corrected chi connectivity index (χ1v) is 9.31. The van der Waals surface area contributed by atoms with Gasteiger partial charge >= 0.3 is 5.97 Å². The van der Waals surface area contributed by atoms with Crippen molar-refractivity contribution in [2.45, 2.75) is 103 Å². The summed E-state index contributed by atoms with van der Waals surface area (Å²) >= 11 is 0. The van der Waals surface area contributed by atoms with Crippen LogP contribution in [0.3, 0.4) is 0 Å². The van der Waals surface area contributed by atoms with Gasteiger partial charge in [0.1, 0.15) is 6.10 Å². The molecule has 2 N–H and O–H groups in total. The summed E-state index contributed by atoms with van der Waals surface area (Å²) < 4.78 is 4.57. The lowest BCUT2D eigenvalue weighted by molar-refractivity contribution is -0.181. The number of hydrogen-bond donors (Lipinski definition) is 2. The lowest BCUT2D eigenvalue weighted by Crippen LogP contribution is -2.30. The van der Waals surface area contributed by atoms with E-state index >= 15 is 0 Å². The molecule has 0 aliphatic rings. The Morgan fingerprint density at radius 1 is 0.913 bits per heavy atom. The van der Waals surface area contributed by atoms with E-state index in [0.29, 0.717) is 6.42 Å². The molecular weight excluding hydrogens is 292 g/mol. The Bertz CT molecular complexity index is 291. The van der Waals surface area contributed by atoms with Crippen molar-refractivity contribution in [1.82, 2.24) is 0 Å². The number of carbonyl (C=O) groups is 1. The quantitative estimate of drug-likeness (QED) is 0.190. The molecule has 4 heteroatoms. The van der Waals surface area contributed by atoms with Crippen molar-refractivity contribution in [3.63, 3.8) is 0 Å². The lowest BCUT2D eigenvalue weighted by Gasteiger charge is -2.17. The highest BCUT2D eigenvalue weighted by molar-refractivity contribution is 5.81. The van der Waals surface area contributed by atoms with Crippen molar-refractivity contribution in [1.29, 1.82) is 0 Å². The molecule has 0 heterocycles. The van der Waals surface area contributed by atoms with Crippen molar-refractivity contribution in [2.24, 2.45) is 0 Å². The fourth-order valence-electron chi connectivity index (χ4n) is 2.58. The van der Waals surface area contributed by atoms with Crippen LogP contribution in [0, 0.1) is 0 Å². The molecule has 0 aromatic carbocycles. The van der Waals surface area contributed by atoms with Crippen LogP contribution < -0.4 is 0 Å². The highest BCUT2D eigenvalue weighted by Gasteiger charge is 2.18. The van der Waals surface area contributed by atoms with Gasteiger partial charge < -0.3 is 14.9 Å². The van der Waals surface area contributed by atoms with Crippen LogP contribution in [0.5, 0.6) is 0 Å². The highest BCUT2D eigenvalue weighted by atomic mass is 16.6. The van der Waals surface area contributed by atoms with E-state index < -0.39 is 18.4 Å². The van der Waals surface area contributed by atoms with Crippen molar-refractivity contribution < 1.29 is 19.7 Å². The minimum atomic E-state index is -1.45. The summed E-state index contributed by atoms with van der Waals surface area (Å²) in [5.74, 6) is -0.716. The van der Waals surface area contributed by atoms with Crippen LogP contribution >= 0.6 is 0 Å². The molecule has 0 rings (SSSR count). The number of esters is 1. The van der Waals surface area contributed by atoms with E-state index in [4.69, 9.17) is 0 Å². The maximum absolute atomic E-state index is 10.9. The number of hydrogen-bond acceptors (Lipinski definition) is 4. The summed E-state index contributed by atoms with van der Waals surface area (Å²) in [6.07, 6.45) is 14.0. The Morgan fingerprint density at radius 3 is 1.78 bits per heavy atom. The van der Waals surface area contributed by atoms with Gasteiger partial charge in [0.15, 0.2) is 0 Å². The molecule has 0 spiro atoms. The molecule has 23 heavy (non-hydrogen) atoms. The molecule has 0 aliphatic carbocycles. The first kappa shape index (κ1) is 22.1. The number of aliphatic hydroxyl groups excluding tert-OH is 2. The van der Waals surface area contributed by atoms with E-state index in [1.165, 1.54) is 57.8 Å². The summed E-state index contributed by atoms with van der Waals surface area (Å²) in [6, 6.07) is 0. The van der Waals surface area contributed by atoms with Gasteiger partial charge in [-0.05, 0) is 6.42 Å². The Labute approximate surface area is 141 Å². The van der Waals surface area contributed by atoms with E-state index in [0.717, 1.165) is 25.3 Å². The molecule has 4 nitrogen and oxygen atoms in total. The molecule has 0 aromatic rings. The van der Waals surface area contributed by atoms with Gasteiger partial charge in [-0.25, -0.2) is 4.79 Å². The first-order chi connectivity index (χ1) is 11.1. The van der Waals surface area contributed by atoms with Gasteiger partial charge in [-0.3, -0.25) is 0 Å². The third kappa shape index (κ3) is 14.5. The Kier molecular flexibility index (Phi) is 15.4. The third-order valence-electron chi connectivity index (χ3n) is 4.09. The maximum atomic E-state index is 10.9. The van der Waals surface area contributed by atoms with Crippen molar-refractivity contribution >= 4 is 5.97 Å². The molecule has 0 aromatic heterocycles. The molecule has 0 amide bonds. The molecule has 2 atom stereocenters. The molecule has 2 unspecified atom stereocenters. The van der Waals surface area contributed by atoms with Gasteiger partial charge in [0.05, 0.1) is 0 Å². The van der Waals surface area contributed by atoms with Crippen LogP contribution in [0.4, 0.5) is 0 Å². The zero-order valence-corrected chi connectivity index (χ0v) is 14.8. The van der Waals surface area contributed by atoms with Gasteiger partial charge in [-0.1, -0.05) is 90.6 Å². The third-order valence-corrected chi connectivity index (χ3v) is 4.09. The molecule has 0 radical (unpaired) electrons. The highest BCUT2D eigenvalue weighted by Crippen LogP contribution is 2.14. The average Bonchev–Trinajstić information content (AvgIpc) is 2.55. The van der Waals surface area contributed by atoms with Crippen molar-refractivity contribution in [3.8, 4) is 0 Å². The molecule has 0 fully saturated rings. The molecule has 0 bridgehead atoms. The topological polar surface area (TPSA) is 66.8 Å². The second-order valence-corrected chi connectivity index (χ2v) is 6.28. The monoisotopic (exact) mass is 328 g/mol. The minimum Gasteiger partial charge on any atom is -0.430 e. The van der Waals surface area contributed by atoms with Crippen LogP contribution in [0.15, 0.2) is 12.7 Å². The molecule has 0 saturated carbocycles. The second-order valence-electron chi connectivity index (χ2n) is 6.28. The van der Waals surface area contributed by atoms with Gasteiger partial charge in [0.25, 0.3) is 0 Å². The lowest BCUT2D eigenvalue weighted by atomic mass is 10.0. The van der Waals surface area contributed by atoms with E-state index in [-0.39, 0.29) is 0 Å². The molecule has 0 saturated heterocycles. The number of ether oxygens (including phenoxy) is 1. The number of aliphatic hydroxyl groups is 2. The fraction of sp³-hybridized carbons (Fsp3) is 0.842. The van der Waals surface area contributed by atoms with Crippen LogP contribution in [-0.2, 0) is 9.53 Å². The average molecular weight is 328 g/mol. The standard InChI is InChI=1S/C19H36O4/c1-3-5-6-7-8-9-10-11-12-13-14-15-16-17(20)19(22)23-18(21)4-2/h4,17,19-20,22H,2-3,5-16H2,1H3. The van der Waals surface area contributed by atoms with Crippen LogP contribution in [0.1, 0.15) is 90.4 Å². The van der Waals surface area contributed by atoms with E-state index in [1.54, 1.807) is 0 Å². The maximum Gasteiger partial charge on any atom is 0.332 e. The Hall–Kier alpha value is -0.870. The largest absolute Gasteiger partial charge is 0.430 e. The van der Waals surface area contributed by atoms with E-state index in [9.17, 15) is 15.0 Å². The van der Waals surface area contributed by atoms with Gasteiger partial charge in [0, 0.05) is 6.08 Å². The zero-order valence-electron chi connectivity index (χ0n) is 14.8. The molecular formula is C19H36O4. The van der Waals surface area contributed by atoms with E-state index in [2.05, 4.69) is 18.2 Å². The van der Waals surface area contributed by atoms with Gasteiger partial charge in [-0.15, -0.1) is 0 Å². The number of carbonyl (C=O) groups excluding carboxylic acids is 1. The van der Waals surface area contributed by atoms with Crippen molar-refractivity contribution in [2.75, 3.05) is 0 Å². The molecule has 0 aliphatic heterocycles. The predicted molar refractivity (Wildman–Crippen MR) is 94.0 cm³/mol. The SMILES string of the molecule is C=CC(=O)OC(O)C(O)CCCCCCCCCCCCCC. The van der Waals surface area contributed by atoms with E-state index in [1.807, 2.05) is 0 Å². The number of unbranched alkanes of at least 4 members (excludes halogenated alkanes) is 11. The van der Waals surface area contributed by atoms with Gasteiger partial charge in [-0.2, -0.15) is 0 Å². The Morgan fingerprint density at radius 2 is 1.35 bits per heavy atom. The fourth-order valence-corrected chi connectivity index (χ4v) is 2.58. The zero-order chi connectivity index (χ0) is 17.3. The summed E-state index contributed by atoms with van der Waals surface area (Å²) in [6.45, 7) is 5.48.